The summed E-state index contributed by atoms with van der Waals surface area (Å²) in [6.07, 6.45) is 0. The predicted molar refractivity (Wildman–Crippen MR) is 52.6 cm³/mol. The van der Waals surface area contributed by atoms with Crippen molar-refractivity contribution >= 4 is 16.8 Å². The Bertz CT molecular complexity index is 421. The quantitative estimate of drug-likeness (QED) is 0.702. The Morgan fingerprint density at radius 3 is 2.64 bits per heavy atom. The number of rotatable bonds is 2. The maximum atomic E-state index is 11.0. The molecule has 0 heterocycles. The fourth-order valence-corrected chi connectivity index (χ4v) is 1.32. The number of carbonyl (C=O) groups is 1. The van der Waals surface area contributed by atoms with Crippen LogP contribution in [0.5, 0.6) is 5.75 Å². The molecule has 0 aliphatic rings. The second-order valence-corrected chi connectivity index (χ2v) is 3.08. The highest BCUT2D eigenvalue weighted by atomic mass is 35.5. The van der Waals surface area contributed by atoms with E-state index in [1.807, 2.05) is 6.07 Å². The van der Waals surface area contributed by atoms with Crippen molar-refractivity contribution in [2.45, 2.75) is 6.92 Å². The number of hydrogen-bond donors (Lipinski definition) is 0. The van der Waals surface area contributed by atoms with Crippen LogP contribution in [0.2, 0.25) is 0 Å². The fourth-order valence-electron chi connectivity index (χ4n) is 1.13. The zero-order chi connectivity index (χ0) is 10.7. The zero-order valence-corrected chi connectivity index (χ0v) is 8.55. The molecule has 14 heavy (non-hydrogen) atoms. The molecule has 0 bridgehead atoms. The van der Waals surface area contributed by atoms with Crippen molar-refractivity contribution < 1.29 is 9.53 Å². The van der Waals surface area contributed by atoms with Gasteiger partial charge in [-0.3, -0.25) is 4.79 Å². The van der Waals surface area contributed by atoms with Crippen LogP contribution >= 0.6 is 11.6 Å². The monoisotopic (exact) mass is 209 g/mol. The summed E-state index contributed by atoms with van der Waals surface area (Å²) in [6, 6.07) is 5.06. The Labute approximate surface area is 86.9 Å². The lowest BCUT2D eigenvalue weighted by Crippen LogP contribution is -1.98. The molecule has 72 valence electrons. The van der Waals surface area contributed by atoms with Gasteiger partial charge in [0.15, 0.2) is 0 Å². The molecule has 0 aliphatic heterocycles. The van der Waals surface area contributed by atoms with Crippen molar-refractivity contribution in [3.8, 4) is 11.8 Å². The van der Waals surface area contributed by atoms with Gasteiger partial charge in [-0.2, -0.15) is 5.26 Å². The molecule has 0 radical (unpaired) electrons. The van der Waals surface area contributed by atoms with Crippen molar-refractivity contribution in [1.82, 2.24) is 0 Å². The lowest BCUT2D eigenvalue weighted by Gasteiger charge is -2.06. The van der Waals surface area contributed by atoms with E-state index in [1.165, 1.54) is 13.2 Å². The minimum atomic E-state index is -0.585. The number of nitrogens with zero attached hydrogens (tertiary/aromatic N) is 1. The Kier molecular flexibility index (Phi) is 3.10. The van der Waals surface area contributed by atoms with Gasteiger partial charge in [-0.15, -0.1) is 0 Å². The van der Waals surface area contributed by atoms with Crippen LogP contribution in [0.4, 0.5) is 0 Å². The number of benzene rings is 1. The molecule has 0 saturated carbocycles. The summed E-state index contributed by atoms with van der Waals surface area (Å²) < 4.78 is 4.94. The Balaban J connectivity index is 3.44. The third kappa shape index (κ3) is 1.86. The van der Waals surface area contributed by atoms with Crippen LogP contribution in [0.3, 0.4) is 0 Å². The average molecular weight is 210 g/mol. The van der Waals surface area contributed by atoms with E-state index in [2.05, 4.69) is 0 Å². The van der Waals surface area contributed by atoms with Crippen molar-refractivity contribution in [2.24, 2.45) is 0 Å². The highest BCUT2D eigenvalue weighted by Crippen LogP contribution is 2.22. The normalized spacial score (nSPS) is 9.29. The van der Waals surface area contributed by atoms with Crippen LogP contribution in [0.25, 0.3) is 0 Å². The first-order valence-electron chi connectivity index (χ1n) is 3.88. The number of halogens is 1. The van der Waals surface area contributed by atoms with Gasteiger partial charge in [0.1, 0.15) is 5.75 Å². The Hall–Kier alpha value is -1.53. The summed E-state index contributed by atoms with van der Waals surface area (Å²) in [5.41, 5.74) is 1.28. The van der Waals surface area contributed by atoms with Crippen LogP contribution in [0, 0.1) is 18.3 Å². The van der Waals surface area contributed by atoms with Crippen LogP contribution in [0.15, 0.2) is 12.1 Å². The first kappa shape index (κ1) is 10.6. The molecule has 0 aliphatic carbocycles. The molecule has 0 unspecified atom stereocenters. The van der Waals surface area contributed by atoms with Crippen LogP contribution in [-0.4, -0.2) is 12.4 Å². The first-order valence-corrected chi connectivity index (χ1v) is 4.26. The highest BCUT2D eigenvalue weighted by molar-refractivity contribution is 6.68. The lowest BCUT2D eigenvalue weighted by atomic mass is 10.0. The first-order chi connectivity index (χ1) is 6.60. The maximum Gasteiger partial charge on any atom is 0.252 e. The van der Waals surface area contributed by atoms with Gasteiger partial charge in [-0.1, -0.05) is 0 Å². The summed E-state index contributed by atoms with van der Waals surface area (Å²) in [7, 11) is 1.47. The van der Waals surface area contributed by atoms with E-state index in [9.17, 15) is 4.79 Å². The van der Waals surface area contributed by atoms with E-state index in [0.717, 1.165) is 0 Å². The van der Waals surface area contributed by atoms with E-state index in [-0.39, 0.29) is 0 Å². The molecule has 0 aromatic heterocycles. The molecular formula is C10H8ClNO2. The van der Waals surface area contributed by atoms with Crippen LogP contribution < -0.4 is 4.74 Å². The molecule has 1 rings (SSSR count). The van der Waals surface area contributed by atoms with E-state index in [0.29, 0.717) is 22.4 Å². The molecule has 1 aromatic rings. The largest absolute Gasteiger partial charge is 0.497 e. The van der Waals surface area contributed by atoms with Crippen molar-refractivity contribution in [3.05, 3.63) is 28.8 Å². The van der Waals surface area contributed by atoms with Crippen LogP contribution in [-0.2, 0) is 0 Å². The third-order valence-electron chi connectivity index (χ3n) is 1.95. The number of nitriles is 1. The van der Waals surface area contributed by atoms with Gasteiger partial charge < -0.3 is 4.74 Å². The Morgan fingerprint density at radius 2 is 2.21 bits per heavy atom. The van der Waals surface area contributed by atoms with E-state index in [1.54, 1.807) is 13.0 Å². The van der Waals surface area contributed by atoms with Gasteiger partial charge in [0.05, 0.1) is 18.7 Å². The maximum absolute atomic E-state index is 11.0. The molecule has 0 spiro atoms. The van der Waals surface area contributed by atoms with Crippen molar-refractivity contribution in [1.29, 1.82) is 5.26 Å². The molecule has 0 atom stereocenters. The summed E-state index contributed by atoms with van der Waals surface area (Å²) in [5, 5.41) is 8.20. The molecule has 4 heteroatoms. The molecule has 1 aromatic carbocycles. The van der Waals surface area contributed by atoms with Gasteiger partial charge in [0.25, 0.3) is 5.24 Å². The number of carbonyl (C=O) groups excluding carboxylic acids is 1. The summed E-state index contributed by atoms with van der Waals surface area (Å²) in [5.74, 6) is 0.455. The van der Waals surface area contributed by atoms with E-state index in [4.69, 9.17) is 21.6 Å². The molecule has 0 fully saturated rings. The zero-order valence-electron chi connectivity index (χ0n) is 7.80. The second-order valence-electron chi connectivity index (χ2n) is 2.73. The molecule has 0 N–H and O–H groups in total. The van der Waals surface area contributed by atoms with Gasteiger partial charge in [-0.05, 0) is 36.2 Å². The molecule has 0 amide bonds. The van der Waals surface area contributed by atoms with Gasteiger partial charge in [0.2, 0.25) is 0 Å². The lowest BCUT2D eigenvalue weighted by molar-refractivity contribution is 0.108. The molecule has 0 saturated heterocycles. The summed E-state index contributed by atoms with van der Waals surface area (Å²) in [4.78, 5) is 11.0. The highest BCUT2D eigenvalue weighted by Gasteiger charge is 2.12. The number of methoxy groups -OCH3 is 1. The average Bonchev–Trinajstić information content (AvgIpc) is 2.17. The SMILES string of the molecule is COc1cc(C#N)c(C)c(C(=O)Cl)c1. The standard InChI is InChI=1S/C10H8ClNO2/c1-6-7(5-12)3-8(14-2)4-9(6)10(11)13/h3-4H,1-2H3. The molecule has 3 nitrogen and oxygen atoms in total. The minimum absolute atomic E-state index is 0.308. The predicted octanol–water partition coefficient (Wildman–Crippen LogP) is 2.25. The van der Waals surface area contributed by atoms with Crippen LogP contribution in [0.1, 0.15) is 21.5 Å². The fraction of sp³-hybridized carbons (Fsp3) is 0.200. The van der Waals surface area contributed by atoms with Crippen molar-refractivity contribution in [2.75, 3.05) is 7.11 Å². The number of hydrogen-bond acceptors (Lipinski definition) is 3. The Morgan fingerprint density at radius 1 is 1.57 bits per heavy atom. The smallest absolute Gasteiger partial charge is 0.252 e. The van der Waals surface area contributed by atoms with E-state index >= 15 is 0 Å². The van der Waals surface area contributed by atoms with Gasteiger partial charge in [0, 0.05) is 5.56 Å². The summed E-state index contributed by atoms with van der Waals surface area (Å²) >= 11 is 5.36. The minimum Gasteiger partial charge on any atom is -0.497 e. The topological polar surface area (TPSA) is 50.1 Å². The second kappa shape index (κ2) is 4.12. The summed E-state index contributed by atoms with van der Waals surface area (Å²) in [6.45, 7) is 1.67. The molecular weight excluding hydrogens is 202 g/mol. The van der Waals surface area contributed by atoms with Gasteiger partial charge in [-0.25, -0.2) is 0 Å². The number of ether oxygens (including phenoxy) is 1. The van der Waals surface area contributed by atoms with Crippen molar-refractivity contribution in [3.63, 3.8) is 0 Å². The van der Waals surface area contributed by atoms with E-state index < -0.39 is 5.24 Å². The third-order valence-corrected chi connectivity index (χ3v) is 2.15. The van der Waals surface area contributed by atoms with Gasteiger partial charge >= 0.3 is 0 Å².